The smallest absolute Gasteiger partial charge is 0.493 e. The first-order chi connectivity index (χ1) is 13.4. The fourth-order valence-electron chi connectivity index (χ4n) is 3.11. The van der Waals surface area contributed by atoms with Crippen LogP contribution in [0, 0.1) is 3.57 Å². The minimum absolute atomic E-state index is 0.0367. The van der Waals surface area contributed by atoms with Gasteiger partial charge in [0.2, 0.25) is 5.75 Å². The molecule has 3 aromatic rings. The molecule has 0 aliphatic carbocycles. The molecule has 0 spiro atoms. The third kappa shape index (κ3) is 3.06. The summed E-state index contributed by atoms with van der Waals surface area (Å²) in [7, 11) is -2.06. The summed E-state index contributed by atoms with van der Waals surface area (Å²) in [4.78, 5) is 0. The Labute approximate surface area is 173 Å². The zero-order chi connectivity index (χ0) is 19.9. The monoisotopic (exact) mass is 514 g/mol. The van der Waals surface area contributed by atoms with Crippen LogP contribution in [0.3, 0.4) is 0 Å². The largest absolute Gasteiger partial charge is 0.586 e. The number of methoxy groups -OCH3 is 1. The van der Waals surface area contributed by atoms with E-state index in [0.717, 1.165) is 0 Å². The van der Waals surface area contributed by atoms with Gasteiger partial charge in [-0.3, -0.25) is 0 Å². The van der Waals surface area contributed by atoms with Gasteiger partial charge in [-0.05, 0) is 28.7 Å². The molecule has 0 atom stereocenters. The Kier molecular flexibility index (Phi) is 4.83. The summed E-state index contributed by atoms with van der Waals surface area (Å²) in [5.41, 5.74) is 0. The maximum absolute atomic E-state index is 14.5. The van der Waals surface area contributed by atoms with Crippen LogP contribution in [0.2, 0.25) is 0 Å². The second-order valence-electron chi connectivity index (χ2n) is 6.02. The summed E-state index contributed by atoms with van der Waals surface area (Å²) in [6, 6.07) is 19.3. The molecule has 0 aromatic heterocycles. The van der Waals surface area contributed by atoms with Crippen LogP contribution in [0.5, 0.6) is 17.2 Å². The molecule has 4 rings (SSSR count). The van der Waals surface area contributed by atoms with Crippen molar-refractivity contribution in [3.8, 4) is 17.2 Å². The molecule has 28 heavy (non-hydrogen) atoms. The average molecular weight is 514 g/mol. The van der Waals surface area contributed by atoms with Gasteiger partial charge in [-0.2, -0.15) is 0 Å². The average Bonchev–Trinajstić information content (AvgIpc) is 3.05. The number of hydrogen-bond acceptors (Lipinski definition) is 4. The fourth-order valence-corrected chi connectivity index (χ4v) is 7.36. The predicted molar refractivity (Wildman–Crippen MR) is 111 cm³/mol. The van der Waals surface area contributed by atoms with E-state index >= 15 is 0 Å². The van der Waals surface area contributed by atoms with Crippen molar-refractivity contribution in [1.29, 1.82) is 0 Å². The summed E-state index contributed by atoms with van der Waals surface area (Å²) < 4.78 is 56.8. The van der Waals surface area contributed by atoms with Crippen LogP contribution >= 0.6 is 29.7 Å². The first-order valence-corrected chi connectivity index (χ1v) is 11.0. The molecule has 0 fully saturated rings. The highest BCUT2D eigenvalue weighted by Crippen LogP contribution is 2.53. The summed E-state index contributed by atoms with van der Waals surface area (Å²) >= 11 is 1.87. The van der Waals surface area contributed by atoms with E-state index in [1.807, 2.05) is 34.7 Å². The maximum atomic E-state index is 14.5. The maximum Gasteiger partial charge on any atom is 0.586 e. The fraction of sp³-hybridized carbons (Fsp3) is 0.100. The lowest BCUT2D eigenvalue weighted by Gasteiger charge is -2.22. The first-order valence-electron chi connectivity index (χ1n) is 8.25. The van der Waals surface area contributed by atoms with Crippen LogP contribution in [0.15, 0.2) is 66.7 Å². The lowest BCUT2D eigenvalue weighted by atomic mass is 10.3. The number of halogens is 3. The highest BCUT2D eigenvalue weighted by atomic mass is 127. The zero-order valence-electron chi connectivity index (χ0n) is 14.6. The van der Waals surface area contributed by atoms with Crippen LogP contribution in [0.4, 0.5) is 8.78 Å². The Bertz CT molecular complexity index is 1030. The van der Waals surface area contributed by atoms with Crippen LogP contribution in [0.1, 0.15) is 0 Å². The molecule has 8 heteroatoms. The van der Waals surface area contributed by atoms with Crippen LogP contribution in [0.25, 0.3) is 0 Å². The SMILES string of the molecule is COc1cc(P(=O)(c2ccccc2)c2ccccc2)c(I)c2c1OC(F)(F)O2. The topological polar surface area (TPSA) is 44.8 Å². The van der Waals surface area contributed by atoms with Crippen molar-refractivity contribution in [3.05, 3.63) is 70.3 Å². The molecule has 0 radical (unpaired) electrons. The predicted octanol–water partition coefficient (Wildman–Crippen LogP) is 4.26. The van der Waals surface area contributed by atoms with Gasteiger partial charge < -0.3 is 18.8 Å². The number of benzene rings is 3. The molecule has 0 unspecified atom stereocenters. The van der Waals surface area contributed by atoms with E-state index in [0.29, 0.717) is 19.5 Å². The molecule has 0 saturated heterocycles. The van der Waals surface area contributed by atoms with Crippen LogP contribution in [-0.2, 0) is 4.57 Å². The van der Waals surface area contributed by atoms with Crippen LogP contribution in [-0.4, -0.2) is 13.4 Å². The van der Waals surface area contributed by atoms with E-state index in [2.05, 4.69) is 4.74 Å². The normalized spacial score (nSPS) is 14.7. The van der Waals surface area contributed by atoms with Crippen LogP contribution < -0.4 is 30.1 Å². The minimum atomic E-state index is -3.81. The lowest BCUT2D eigenvalue weighted by Crippen LogP contribution is -2.28. The third-order valence-electron chi connectivity index (χ3n) is 4.36. The van der Waals surface area contributed by atoms with E-state index < -0.39 is 13.4 Å². The van der Waals surface area contributed by atoms with Crippen molar-refractivity contribution in [2.45, 2.75) is 6.29 Å². The molecule has 144 valence electrons. The van der Waals surface area contributed by atoms with Crippen molar-refractivity contribution in [1.82, 2.24) is 0 Å². The van der Waals surface area contributed by atoms with Crippen molar-refractivity contribution in [3.63, 3.8) is 0 Å². The number of ether oxygens (including phenoxy) is 3. The van der Waals surface area contributed by atoms with Gasteiger partial charge in [-0.25, -0.2) is 0 Å². The molecule has 0 N–H and O–H groups in total. The summed E-state index contributed by atoms with van der Waals surface area (Å²) in [6.45, 7) is 0. The highest BCUT2D eigenvalue weighted by Gasteiger charge is 2.48. The van der Waals surface area contributed by atoms with E-state index in [4.69, 9.17) is 9.47 Å². The first kappa shape index (κ1) is 19.2. The van der Waals surface area contributed by atoms with Gasteiger partial charge in [-0.15, -0.1) is 8.78 Å². The van der Waals surface area contributed by atoms with E-state index in [1.54, 1.807) is 48.5 Å². The third-order valence-corrected chi connectivity index (χ3v) is 8.94. The summed E-state index contributed by atoms with van der Waals surface area (Å²) in [6.07, 6.45) is -3.81. The molecule has 1 aliphatic heterocycles. The number of fused-ring (bicyclic) bond motifs is 1. The van der Waals surface area contributed by atoms with Gasteiger partial charge in [0, 0.05) is 15.9 Å². The number of hydrogen-bond donors (Lipinski definition) is 0. The molecular formula is C20H14F2IO4P. The van der Waals surface area contributed by atoms with Crippen molar-refractivity contribution in [2.75, 3.05) is 7.11 Å². The van der Waals surface area contributed by atoms with Crippen molar-refractivity contribution in [2.24, 2.45) is 0 Å². The van der Waals surface area contributed by atoms with E-state index in [9.17, 15) is 13.3 Å². The van der Waals surface area contributed by atoms with E-state index in [-0.39, 0.29) is 17.2 Å². The van der Waals surface area contributed by atoms with Gasteiger partial charge >= 0.3 is 6.29 Å². The van der Waals surface area contributed by atoms with E-state index in [1.165, 1.54) is 13.2 Å². The lowest BCUT2D eigenvalue weighted by molar-refractivity contribution is -0.287. The Morgan fingerprint density at radius 1 is 0.929 bits per heavy atom. The molecule has 4 nitrogen and oxygen atoms in total. The van der Waals surface area contributed by atoms with Gasteiger partial charge in [0.25, 0.3) is 0 Å². The molecule has 3 aromatic carbocycles. The number of alkyl halides is 2. The molecule has 1 heterocycles. The Hall–Kier alpha value is -2.12. The second kappa shape index (κ2) is 7.04. The summed E-state index contributed by atoms with van der Waals surface area (Å²) in [5.74, 6) is -0.338. The molecular weight excluding hydrogens is 500 g/mol. The Morgan fingerprint density at radius 3 is 1.93 bits per heavy atom. The molecule has 1 aliphatic rings. The zero-order valence-corrected chi connectivity index (χ0v) is 17.6. The van der Waals surface area contributed by atoms with Crippen molar-refractivity contribution >= 4 is 45.6 Å². The second-order valence-corrected chi connectivity index (χ2v) is 9.83. The Morgan fingerprint density at radius 2 is 1.43 bits per heavy atom. The molecule has 0 saturated carbocycles. The summed E-state index contributed by atoms with van der Waals surface area (Å²) in [5, 5.41) is 1.50. The van der Waals surface area contributed by atoms with Gasteiger partial charge in [0.05, 0.1) is 10.7 Å². The number of rotatable bonds is 4. The quantitative estimate of drug-likeness (QED) is 0.386. The standard InChI is InChI=1S/C20H14F2IO4P/c1-25-15-12-16(17(23)19-18(15)26-20(21,22)27-19)28(24,13-8-4-2-5-9-13)14-10-6-3-7-11-14/h2-12H,1H3. The van der Waals surface area contributed by atoms with Gasteiger partial charge in [-0.1, -0.05) is 60.7 Å². The van der Waals surface area contributed by atoms with Crippen molar-refractivity contribution < 1.29 is 27.6 Å². The molecule has 0 bridgehead atoms. The Balaban J connectivity index is 2.04. The minimum Gasteiger partial charge on any atom is -0.493 e. The molecule has 0 amide bonds. The van der Waals surface area contributed by atoms with Gasteiger partial charge in [0.1, 0.15) is 0 Å². The highest BCUT2D eigenvalue weighted by molar-refractivity contribution is 14.1. The van der Waals surface area contributed by atoms with Gasteiger partial charge in [0.15, 0.2) is 18.6 Å².